The first-order valence-electron chi connectivity index (χ1n) is 5.06. The molecule has 1 N–H and O–H groups in total. The second-order valence-electron chi connectivity index (χ2n) is 3.92. The summed E-state index contributed by atoms with van der Waals surface area (Å²) in [6.07, 6.45) is 2.43. The molecule has 1 saturated carbocycles. The van der Waals surface area contributed by atoms with E-state index >= 15 is 0 Å². The van der Waals surface area contributed by atoms with Crippen LogP contribution >= 0.6 is 15.9 Å². The summed E-state index contributed by atoms with van der Waals surface area (Å²) in [7, 11) is 1.66. The minimum atomic E-state index is 0.174. The average molecular weight is 264 g/mol. The Morgan fingerprint density at radius 2 is 2.29 bits per heavy atom. The van der Waals surface area contributed by atoms with Crippen molar-refractivity contribution in [2.24, 2.45) is 11.8 Å². The van der Waals surface area contributed by atoms with Crippen LogP contribution in [0.4, 0.5) is 0 Å². The standard InChI is InChI=1S/C10H18BrNO2/c1-7(8-3-4-8)10(13)12-5-9(11)6-14-2/h7-9H,3-6H2,1-2H3,(H,12,13). The lowest BCUT2D eigenvalue weighted by Gasteiger charge is -2.13. The van der Waals surface area contributed by atoms with Crippen LogP contribution in [0.3, 0.4) is 0 Å². The number of ether oxygens (including phenoxy) is 1. The molecule has 0 aromatic carbocycles. The Bertz CT molecular complexity index is 195. The highest BCUT2D eigenvalue weighted by Crippen LogP contribution is 2.36. The minimum Gasteiger partial charge on any atom is -0.383 e. The molecule has 82 valence electrons. The molecule has 1 amide bonds. The molecule has 3 nitrogen and oxygen atoms in total. The smallest absolute Gasteiger partial charge is 0.223 e. The average Bonchev–Trinajstić information content (AvgIpc) is 2.96. The van der Waals surface area contributed by atoms with Gasteiger partial charge in [0.2, 0.25) is 5.91 Å². The van der Waals surface area contributed by atoms with Gasteiger partial charge in [0.25, 0.3) is 0 Å². The molecule has 1 aliphatic rings. The van der Waals surface area contributed by atoms with Gasteiger partial charge in [-0.15, -0.1) is 0 Å². The molecule has 0 bridgehead atoms. The Hall–Kier alpha value is -0.0900. The number of amides is 1. The van der Waals surface area contributed by atoms with E-state index in [1.54, 1.807) is 7.11 Å². The van der Waals surface area contributed by atoms with E-state index < -0.39 is 0 Å². The van der Waals surface area contributed by atoms with E-state index in [0.717, 1.165) is 0 Å². The molecule has 1 fully saturated rings. The topological polar surface area (TPSA) is 38.3 Å². The van der Waals surface area contributed by atoms with E-state index in [1.165, 1.54) is 12.8 Å². The van der Waals surface area contributed by atoms with E-state index in [1.807, 2.05) is 6.92 Å². The summed E-state index contributed by atoms with van der Waals surface area (Å²) in [6.45, 7) is 3.27. The minimum absolute atomic E-state index is 0.174. The summed E-state index contributed by atoms with van der Waals surface area (Å²) in [4.78, 5) is 11.8. The van der Waals surface area contributed by atoms with E-state index in [0.29, 0.717) is 19.1 Å². The molecule has 0 heterocycles. The van der Waals surface area contributed by atoms with Crippen LogP contribution in [0.25, 0.3) is 0 Å². The van der Waals surface area contributed by atoms with Crippen LogP contribution in [0, 0.1) is 11.8 Å². The molecule has 0 aromatic rings. The van der Waals surface area contributed by atoms with Crippen LogP contribution in [0.5, 0.6) is 0 Å². The Kier molecular flexibility index (Phi) is 4.89. The molecule has 0 aliphatic heterocycles. The van der Waals surface area contributed by atoms with Crippen LogP contribution in [0.15, 0.2) is 0 Å². The molecule has 0 aromatic heterocycles. The highest BCUT2D eigenvalue weighted by molar-refractivity contribution is 9.09. The van der Waals surface area contributed by atoms with Crippen molar-refractivity contribution in [1.29, 1.82) is 0 Å². The number of alkyl halides is 1. The van der Waals surface area contributed by atoms with Gasteiger partial charge in [-0.3, -0.25) is 4.79 Å². The summed E-state index contributed by atoms with van der Waals surface area (Å²) < 4.78 is 4.96. The van der Waals surface area contributed by atoms with Crippen molar-refractivity contribution in [2.75, 3.05) is 20.3 Å². The number of methoxy groups -OCH3 is 1. The van der Waals surface area contributed by atoms with Gasteiger partial charge in [0.15, 0.2) is 0 Å². The Balaban J connectivity index is 2.13. The zero-order valence-electron chi connectivity index (χ0n) is 8.75. The number of hydrogen-bond donors (Lipinski definition) is 1. The first kappa shape index (κ1) is 12.0. The zero-order valence-corrected chi connectivity index (χ0v) is 10.3. The number of rotatable bonds is 6. The summed E-state index contributed by atoms with van der Waals surface area (Å²) in [5, 5.41) is 2.92. The fourth-order valence-electron chi connectivity index (χ4n) is 1.42. The van der Waals surface area contributed by atoms with Gasteiger partial charge in [0, 0.05) is 19.6 Å². The number of halogens is 1. The van der Waals surface area contributed by atoms with Crippen molar-refractivity contribution in [3.05, 3.63) is 0 Å². The Morgan fingerprint density at radius 3 is 2.79 bits per heavy atom. The molecule has 1 rings (SSSR count). The number of nitrogens with one attached hydrogen (secondary N) is 1. The van der Waals surface area contributed by atoms with Gasteiger partial charge in [0.05, 0.1) is 11.4 Å². The third kappa shape index (κ3) is 3.96. The quantitative estimate of drug-likeness (QED) is 0.739. The van der Waals surface area contributed by atoms with Crippen molar-refractivity contribution in [2.45, 2.75) is 24.6 Å². The van der Waals surface area contributed by atoms with Gasteiger partial charge in [-0.05, 0) is 18.8 Å². The number of hydrogen-bond acceptors (Lipinski definition) is 2. The summed E-state index contributed by atoms with van der Waals surface area (Å²) in [6, 6.07) is 0. The Labute approximate surface area is 93.7 Å². The zero-order chi connectivity index (χ0) is 10.6. The van der Waals surface area contributed by atoms with Crippen LogP contribution in [-0.4, -0.2) is 31.0 Å². The SMILES string of the molecule is COCC(Br)CNC(=O)C(C)C1CC1. The molecule has 14 heavy (non-hydrogen) atoms. The van der Waals surface area contributed by atoms with Gasteiger partial charge < -0.3 is 10.1 Å². The first-order chi connectivity index (χ1) is 6.65. The molecule has 0 radical (unpaired) electrons. The number of carbonyl (C=O) groups excluding carboxylic acids is 1. The fourth-order valence-corrected chi connectivity index (χ4v) is 1.85. The van der Waals surface area contributed by atoms with Crippen molar-refractivity contribution in [3.63, 3.8) is 0 Å². The monoisotopic (exact) mass is 263 g/mol. The van der Waals surface area contributed by atoms with E-state index in [2.05, 4.69) is 21.2 Å². The molecule has 2 atom stereocenters. The van der Waals surface area contributed by atoms with Crippen LogP contribution in [0.1, 0.15) is 19.8 Å². The van der Waals surface area contributed by atoms with E-state index in [9.17, 15) is 4.79 Å². The van der Waals surface area contributed by atoms with Crippen LogP contribution in [0.2, 0.25) is 0 Å². The largest absolute Gasteiger partial charge is 0.383 e. The number of carbonyl (C=O) groups is 1. The lowest BCUT2D eigenvalue weighted by Crippen LogP contribution is -2.35. The predicted molar refractivity (Wildman–Crippen MR) is 59.5 cm³/mol. The van der Waals surface area contributed by atoms with Gasteiger partial charge >= 0.3 is 0 Å². The Morgan fingerprint density at radius 1 is 1.64 bits per heavy atom. The molecule has 0 spiro atoms. The molecule has 0 saturated heterocycles. The van der Waals surface area contributed by atoms with Crippen LogP contribution < -0.4 is 5.32 Å². The molecular weight excluding hydrogens is 246 g/mol. The maximum Gasteiger partial charge on any atom is 0.223 e. The molecule has 2 unspecified atom stereocenters. The van der Waals surface area contributed by atoms with Gasteiger partial charge in [0.1, 0.15) is 0 Å². The third-order valence-electron chi connectivity index (χ3n) is 2.59. The third-order valence-corrected chi connectivity index (χ3v) is 3.18. The maximum absolute atomic E-state index is 11.6. The summed E-state index contributed by atoms with van der Waals surface area (Å²) in [5.74, 6) is 0.983. The normalized spacial score (nSPS) is 20.2. The molecular formula is C10H18BrNO2. The molecule has 1 aliphatic carbocycles. The lowest BCUT2D eigenvalue weighted by molar-refractivity contribution is -0.125. The highest BCUT2D eigenvalue weighted by Gasteiger charge is 2.32. The van der Waals surface area contributed by atoms with Gasteiger partial charge in [-0.1, -0.05) is 22.9 Å². The second-order valence-corrected chi connectivity index (χ2v) is 5.22. The predicted octanol–water partition coefficient (Wildman–Crippen LogP) is 1.56. The maximum atomic E-state index is 11.6. The highest BCUT2D eigenvalue weighted by atomic mass is 79.9. The fraction of sp³-hybridized carbons (Fsp3) is 0.900. The van der Waals surface area contributed by atoms with Crippen molar-refractivity contribution < 1.29 is 9.53 Å². The summed E-state index contributed by atoms with van der Waals surface area (Å²) in [5.41, 5.74) is 0. The van der Waals surface area contributed by atoms with Gasteiger partial charge in [-0.2, -0.15) is 0 Å². The van der Waals surface area contributed by atoms with Crippen molar-refractivity contribution in [3.8, 4) is 0 Å². The summed E-state index contributed by atoms with van der Waals surface area (Å²) >= 11 is 3.43. The van der Waals surface area contributed by atoms with Gasteiger partial charge in [-0.25, -0.2) is 0 Å². The van der Waals surface area contributed by atoms with E-state index in [4.69, 9.17) is 4.74 Å². The lowest BCUT2D eigenvalue weighted by atomic mass is 10.1. The molecule has 4 heteroatoms. The first-order valence-corrected chi connectivity index (χ1v) is 5.97. The second kappa shape index (κ2) is 5.71. The van der Waals surface area contributed by atoms with Crippen LogP contribution in [-0.2, 0) is 9.53 Å². The van der Waals surface area contributed by atoms with E-state index in [-0.39, 0.29) is 16.7 Å². The van der Waals surface area contributed by atoms with Crippen molar-refractivity contribution in [1.82, 2.24) is 5.32 Å². The van der Waals surface area contributed by atoms with Crippen molar-refractivity contribution >= 4 is 21.8 Å².